The van der Waals surface area contributed by atoms with Gasteiger partial charge in [0, 0.05) is 13.0 Å². The summed E-state index contributed by atoms with van der Waals surface area (Å²) in [6, 6.07) is 23.9. The number of para-hydroxylation sites is 1. The number of nitrogens with zero attached hydrogens (tertiary/aromatic N) is 2. The van der Waals surface area contributed by atoms with Crippen LogP contribution in [-0.4, -0.2) is 33.4 Å². The van der Waals surface area contributed by atoms with E-state index in [0.29, 0.717) is 27.0 Å². The number of carbonyl (C=O) groups is 3. The summed E-state index contributed by atoms with van der Waals surface area (Å²) in [5, 5.41) is 10.5. The lowest BCUT2D eigenvalue weighted by atomic mass is 10.0. The van der Waals surface area contributed by atoms with Gasteiger partial charge in [-0.25, -0.2) is 4.68 Å². The topological polar surface area (TPSA) is 93.1 Å². The molecule has 3 aromatic carbocycles. The number of aryl methyl sites for hydroxylation is 1. The van der Waals surface area contributed by atoms with E-state index in [1.54, 1.807) is 31.2 Å². The van der Waals surface area contributed by atoms with Gasteiger partial charge in [0.15, 0.2) is 0 Å². The lowest BCUT2D eigenvalue weighted by Crippen LogP contribution is -2.48. The fraction of sp³-hybridized carbons (Fsp3) is 0.143. The van der Waals surface area contributed by atoms with Crippen LogP contribution in [0.2, 0.25) is 10.0 Å². The van der Waals surface area contributed by atoms with Gasteiger partial charge in [-0.05, 0) is 48.4 Å². The average molecular weight is 535 g/mol. The summed E-state index contributed by atoms with van der Waals surface area (Å²) < 4.78 is 1.51. The lowest BCUT2D eigenvalue weighted by molar-refractivity contribution is -0.139. The van der Waals surface area contributed by atoms with E-state index < -0.39 is 23.6 Å². The van der Waals surface area contributed by atoms with Crippen LogP contribution in [0, 0.1) is 6.92 Å². The van der Waals surface area contributed by atoms with Crippen molar-refractivity contribution < 1.29 is 14.4 Å². The van der Waals surface area contributed by atoms with E-state index in [1.807, 2.05) is 60.7 Å². The van der Waals surface area contributed by atoms with E-state index in [9.17, 15) is 14.4 Å². The molecule has 0 saturated heterocycles. The smallest absolute Gasteiger partial charge is 0.289 e. The van der Waals surface area contributed by atoms with Crippen molar-refractivity contribution in [3.05, 3.63) is 117 Å². The minimum Gasteiger partial charge on any atom is -0.345 e. The van der Waals surface area contributed by atoms with Crippen LogP contribution in [0.5, 0.6) is 0 Å². The van der Waals surface area contributed by atoms with E-state index in [1.165, 1.54) is 4.68 Å². The van der Waals surface area contributed by atoms with Crippen molar-refractivity contribution in [3.63, 3.8) is 0 Å². The Morgan fingerprint density at radius 3 is 2.22 bits per heavy atom. The van der Waals surface area contributed by atoms with Crippen LogP contribution in [0.3, 0.4) is 0 Å². The van der Waals surface area contributed by atoms with Gasteiger partial charge in [-0.2, -0.15) is 5.10 Å². The summed E-state index contributed by atoms with van der Waals surface area (Å²) in [7, 11) is 0. The lowest BCUT2D eigenvalue weighted by Gasteiger charge is -2.18. The molecule has 37 heavy (non-hydrogen) atoms. The first-order chi connectivity index (χ1) is 17.8. The molecule has 2 N–H and O–H groups in total. The highest BCUT2D eigenvalue weighted by Gasteiger charge is 2.29. The summed E-state index contributed by atoms with van der Waals surface area (Å²) in [4.78, 5) is 39.4. The second-order valence-corrected chi connectivity index (χ2v) is 9.24. The Hall–Kier alpha value is -3.94. The molecular formula is C28H24Cl2N4O3. The number of ketones is 1. The van der Waals surface area contributed by atoms with Crippen LogP contribution in [0.1, 0.15) is 27.3 Å². The molecule has 9 heteroatoms. The Balaban J connectivity index is 1.54. The highest BCUT2D eigenvalue weighted by Crippen LogP contribution is 2.22. The third-order valence-electron chi connectivity index (χ3n) is 5.63. The fourth-order valence-electron chi connectivity index (χ4n) is 3.80. The molecule has 4 rings (SSSR count). The second kappa shape index (κ2) is 11.9. The number of nitrogens with one attached hydrogen (secondary N) is 2. The molecule has 0 aliphatic carbocycles. The molecular weight excluding hydrogens is 511 g/mol. The zero-order valence-corrected chi connectivity index (χ0v) is 21.5. The number of amides is 2. The van der Waals surface area contributed by atoms with E-state index in [2.05, 4.69) is 15.7 Å². The molecule has 0 bridgehead atoms. The minimum atomic E-state index is -1.09. The number of aromatic nitrogens is 2. The summed E-state index contributed by atoms with van der Waals surface area (Å²) >= 11 is 12.0. The van der Waals surface area contributed by atoms with Gasteiger partial charge < -0.3 is 10.6 Å². The first-order valence-corrected chi connectivity index (χ1v) is 12.3. The van der Waals surface area contributed by atoms with Crippen LogP contribution in [0.25, 0.3) is 5.69 Å². The summed E-state index contributed by atoms with van der Waals surface area (Å²) in [5.41, 5.74) is 3.07. The summed E-state index contributed by atoms with van der Waals surface area (Å²) in [5.74, 6) is -2.10. The van der Waals surface area contributed by atoms with Gasteiger partial charge in [-0.15, -0.1) is 0 Å². The van der Waals surface area contributed by atoms with Crippen molar-refractivity contribution in [2.45, 2.75) is 25.9 Å². The number of halogens is 2. The highest BCUT2D eigenvalue weighted by atomic mass is 35.5. The zero-order valence-electron chi connectivity index (χ0n) is 19.9. The van der Waals surface area contributed by atoms with Gasteiger partial charge in [-0.1, -0.05) is 77.8 Å². The Kier molecular flexibility index (Phi) is 8.38. The minimum absolute atomic E-state index is 0.0768. The molecule has 4 aromatic rings. The van der Waals surface area contributed by atoms with Crippen LogP contribution in [0.4, 0.5) is 0 Å². The molecule has 0 saturated carbocycles. The zero-order chi connectivity index (χ0) is 26.4. The van der Waals surface area contributed by atoms with E-state index in [0.717, 1.165) is 5.56 Å². The maximum absolute atomic E-state index is 13.3. The number of rotatable bonds is 9. The summed E-state index contributed by atoms with van der Waals surface area (Å²) in [6.07, 6.45) is 0.143. The van der Waals surface area contributed by atoms with E-state index >= 15 is 0 Å². The molecule has 0 radical (unpaired) electrons. The van der Waals surface area contributed by atoms with Crippen molar-refractivity contribution in [2.24, 2.45) is 0 Å². The third kappa shape index (κ3) is 6.64. The number of hydrogen-bond acceptors (Lipinski definition) is 4. The monoisotopic (exact) mass is 534 g/mol. The maximum atomic E-state index is 13.3. The quantitative estimate of drug-likeness (QED) is 0.304. The van der Waals surface area contributed by atoms with Gasteiger partial charge in [0.2, 0.25) is 5.78 Å². The SMILES string of the molecule is Cc1cc(C(=O)NC(Cc2ccccc2)C(=O)C(=O)NCc2ccc(Cl)c(Cl)c2)n(-c2ccccc2)n1. The fourth-order valence-corrected chi connectivity index (χ4v) is 4.12. The maximum Gasteiger partial charge on any atom is 0.289 e. The third-order valence-corrected chi connectivity index (χ3v) is 6.37. The molecule has 1 aromatic heterocycles. The number of Topliss-reactive ketones (excluding diaryl/α,β-unsaturated/α-hetero) is 1. The van der Waals surface area contributed by atoms with Crippen LogP contribution < -0.4 is 10.6 Å². The molecule has 7 nitrogen and oxygen atoms in total. The normalized spacial score (nSPS) is 11.5. The van der Waals surface area contributed by atoms with Crippen LogP contribution in [-0.2, 0) is 22.6 Å². The Bertz CT molecular complexity index is 1420. The van der Waals surface area contributed by atoms with Gasteiger partial charge in [-0.3, -0.25) is 14.4 Å². The Morgan fingerprint density at radius 1 is 0.865 bits per heavy atom. The van der Waals surface area contributed by atoms with E-state index in [4.69, 9.17) is 23.2 Å². The van der Waals surface area contributed by atoms with Crippen LogP contribution >= 0.6 is 23.2 Å². The first kappa shape index (κ1) is 26.1. The van der Waals surface area contributed by atoms with Gasteiger partial charge in [0.1, 0.15) is 11.7 Å². The van der Waals surface area contributed by atoms with Crippen molar-refractivity contribution in [1.29, 1.82) is 0 Å². The van der Waals surface area contributed by atoms with Gasteiger partial charge in [0.05, 0.1) is 21.4 Å². The van der Waals surface area contributed by atoms with Gasteiger partial charge in [0.25, 0.3) is 11.8 Å². The predicted octanol–water partition coefficient (Wildman–Crippen LogP) is 4.71. The Labute approximate surface area is 224 Å². The number of carbonyl (C=O) groups excluding carboxylic acids is 3. The molecule has 0 aliphatic heterocycles. The molecule has 0 fully saturated rings. The molecule has 1 heterocycles. The first-order valence-electron chi connectivity index (χ1n) is 11.5. The molecule has 1 atom stereocenters. The molecule has 0 aliphatic rings. The van der Waals surface area contributed by atoms with Crippen LogP contribution in [0.15, 0.2) is 84.9 Å². The molecule has 188 valence electrons. The number of hydrogen-bond donors (Lipinski definition) is 2. The van der Waals surface area contributed by atoms with Crippen molar-refractivity contribution >= 4 is 40.8 Å². The predicted molar refractivity (Wildman–Crippen MR) is 143 cm³/mol. The average Bonchev–Trinajstić information content (AvgIpc) is 3.31. The van der Waals surface area contributed by atoms with Gasteiger partial charge >= 0.3 is 0 Å². The van der Waals surface area contributed by atoms with Crippen molar-refractivity contribution in [2.75, 3.05) is 0 Å². The van der Waals surface area contributed by atoms with Crippen molar-refractivity contribution in [1.82, 2.24) is 20.4 Å². The summed E-state index contributed by atoms with van der Waals surface area (Å²) in [6.45, 7) is 1.85. The second-order valence-electron chi connectivity index (χ2n) is 8.43. The van der Waals surface area contributed by atoms with Crippen molar-refractivity contribution in [3.8, 4) is 5.69 Å². The Morgan fingerprint density at radius 2 is 1.54 bits per heavy atom. The highest BCUT2D eigenvalue weighted by molar-refractivity contribution is 6.42. The molecule has 2 amide bonds. The molecule has 1 unspecified atom stereocenters. The number of benzene rings is 3. The molecule has 0 spiro atoms. The largest absolute Gasteiger partial charge is 0.345 e. The standard InChI is InChI=1S/C28H24Cl2N4O3/c1-18-14-25(34(33-18)21-10-6-3-7-11-21)27(36)32-24(16-19-8-4-2-5-9-19)26(35)28(37)31-17-20-12-13-22(29)23(30)15-20/h2-15,24H,16-17H2,1H3,(H,31,37)(H,32,36). The van der Waals surface area contributed by atoms with E-state index in [-0.39, 0.29) is 18.7 Å².